The molecule has 24 heavy (non-hydrogen) atoms. The number of aryl methyl sites for hydroxylation is 1. The number of anilines is 1. The maximum atomic E-state index is 12.1. The monoisotopic (exact) mass is 361 g/mol. The molecule has 0 spiro atoms. The minimum atomic E-state index is -0.309. The number of carbonyl (C=O) groups is 2. The molecule has 3 aromatic heterocycles. The first kappa shape index (κ1) is 16.4. The summed E-state index contributed by atoms with van der Waals surface area (Å²) in [5.41, 5.74) is 1.58. The van der Waals surface area contributed by atoms with E-state index in [0.717, 1.165) is 21.0 Å². The number of nitrogens with one attached hydrogen (secondary N) is 2. The van der Waals surface area contributed by atoms with Crippen LogP contribution in [-0.2, 0) is 11.3 Å². The first-order chi connectivity index (χ1) is 11.5. The van der Waals surface area contributed by atoms with E-state index in [0.29, 0.717) is 17.4 Å². The van der Waals surface area contributed by atoms with Gasteiger partial charge in [0.15, 0.2) is 10.9 Å². The van der Waals surface area contributed by atoms with Crippen molar-refractivity contribution in [3.8, 4) is 10.6 Å². The Labute approximate surface area is 146 Å². The topological polar surface area (TPSA) is 84.2 Å². The molecular weight excluding hydrogens is 346 g/mol. The molecule has 6 nitrogen and oxygen atoms in total. The SMILES string of the molecule is CC(=O)NCc1ccc(-c2csc(NC(=O)c3occc3C)n2)s1. The van der Waals surface area contributed by atoms with Crippen LogP contribution in [0.1, 0.15) is 27.9 Å². The second kappa shape index (κ2) is 6.98. The lowest BCUT2D eigenvalue weighted by atomic mass is 10.3. The highest BCUT2D eigenvalue weighted by Crippen LogP contribution is 2.31. The molecule has 8 heteroatoms. The van der Waals surface area contributed by atoms with Crippen LogP contribution in [-0.4, -0.2) is 16.8 Å². The fraction of sp³-hybridized carbons (Fsp3) is 0.188. The number of nitrogens with zero attached hydrogens (tertiary/aromatic N) is 1. The minimum absolute atomic E-state index is 0.0585. The molecule has 0 aliphatic heterocycles. The van der Waals surface area contributed by atoms with Gasteiger partial charge in [-0.25, -0.2) is 4.98 Å². The Kier molecular flexibility index (Phi) is 4.77. The third-order valence-corrected chi connectivity index (χ3v) is 5.08. The lowest BCUT2D eigenvalue weighted by molar-refractivity contribution is -0.119. The summed E-state index contributed by atoms with van der Waals surface area (Å²) in [5.74, 6) is -0.0757. The van der Waals surface area contributed by atoms with E-state index in [4.69, 9.17) is 4.42 Å². The Morgan fingerprint density at radius 2 is 2.12 bits per heavy atom. The van der Waals surface area contributed by atoms with Crippen LogP contribution >= 0.6 is 22.7 Å². The van der Waals surface area contributed by atoms with Crippen LogP contribution in [0.5, 0.6) is 0 Å². The Balaban J connectivity index is 1.68. The van der Waals surface area contributed by atoms with E-state index in [1.165, 1.54) is 24.5 Å². The lowest BCUT2D eigenvalue weighted by Gasteiger charge is -1.99. The van der Waals surface area contributed by atoms with Crippen molar-refractivity contribution in [3.05, 3.63) is 46.0 Å². The number of thiazole rings is 1. The van der Waals surface area contributed by atoms with Crippen molar-refractivity contribution in [1.29, 1.82) is 0 Å². The Morgan fingerprint density at radius 1 is 1.29 bits per heavy atom. The van der Waals surface area contributed by atoms with Gasteiger partial charge >= 0.3 is 0 Å². The van der Waals surface area contributed by atoms with E-state index in [-0.39, 0.29) is 11.8 Å². The zero-order valence-electron chi connectivity index (χ0n) is 13.1. The number of carbonyl (C=O) groups excluding carboxylic acids is 2. The van der Waals surface area contributed by atoms with Crippen LogP contribution in [0.4, 0.5) is 5.13 Å². The van der Waals surface area contributed by atoms with Crippen molar-refractivity contribution in [2.75, 3.05) is 5.32 Å². The zero-order valence-corrected chi connectivity index (χ0v) is 14.7. The van der Waals surface area contributed by atoms with Gasteiger partial charge in [0, 0.05) is 22.7 Å². The molecule has 0 aliphatic carbocycles. The Hall–Kier alpha value is -2.45. The average Bonchev–Trinajstić information content (AvgIpc) is 3.24. The molecule has 0 bridgehead atoms. The maximum absolute atomic E-state index is 12.1. The van der Waals surface area contributed by atoms with E-state index in [1.807, 2.05) is 24.4 Å². The molecule has 3 rings (SSSR count). The molecular formula is C16H15N3O3S2. The highest BCUT2D eigenvalue weighted by Gasteiger charge is 2.15. The van der Waals surface area contributed by atoms with Crippen molar-refractivity contribution in [1.82, 2.24) is 10.3 Å². The molecule has 3 aromatic rings. The van der Waals surface area contributed by atoms with Gasteiger partial charge in [-0.1, -0.05) is 0 Å². The van der Waals surface area contributed by atoms with Gasteiger partial charge in [0.1, 0.15) is 0 Å². The predicted octanol–water partition coefficient (Wildman–Crippen LogP) is 3.66. The number of amides is 2. The Bertz CT molecular complexity index is 879. The van der Waals surface area contributed by atoms with E-state index in [2.05, 4.69) is 15.6 Å². The van der Waals surface area contributed by atoms with E-state index >= 15 is 0 Å². The van der Waals surface area contributed by atoms with Crippen LogP contribution in [0, 0.1) is 6.92 Å². The summed E-state index contributed by atoms with van der Waals surface area (Å²) in [5, 5.41) is 7.91. The number of aromatic nitrogens is 1. The largest absolute Gasteiger partial charge is 0.459 e. The molecule has 0 aliphatic rings. The minimum Gasteiger partial charge on any atom is -0.459 e. The molecule has 0 unspecified atom stereocenters. The number of hydrogen-bond acceptors (Lipinski definition) is 6. The summed E-state index contributed by atoms with van der Waals surface area (Å²) in [6, 6.07) is 5.66. The average molecular weight is 361 g/mol. The summed E-state index contributed by atoms with van der Waals surface area (Å²) in [6.45, 7) is 3.81. The van der Waals surface area contributed by atoms with Gasteiger partial charge in [0.2, 0.25) is 5.91 Å². The van der Waals surface area contributed by atoms with Crippen molar-refractivity contribution >= 4 is 39.6 Å². The normalized spacial score (nSPS) is 10.6. The van der Waals surface area contributed by atoms with Gasteiger partial charge in [0.05, 0.1) is 23.4 Å². The summed E-state index contributed by atoms with van der Waals surface area (Å²) in [7, 11) is 0. The standard InChI is InChI=1S/C16H15N3O3S2/c1-9-5-6-22-14(9)15(21)19-16-18-12(8-23-16)13-4-3-11(24-13)7-17-10(2)20/h3-6,8H,7H2,1-2H3,(H,17,20)(H,18,19,21). The predicted molar refractivity (Wildman–Crippen MR) is 94.3 cm³/mol. The summed E-state index contributed by atoms with van der Waals surface area (Å²) in [6.07, 6.45) is 1.49. The summed E-state index contributed by atoms with van der Waals surface area (Å²) >= 11 is 2.91. The molecule has 2 N–H and O–H groups in total. The van der Waals surface area contributed by atoms with E-state index < -0.39 is 0 Å². The molecule has 0 radical (unpaired) electrons. The van der Waals surface area contributed by atoms with Crippen LogP contribution in [0.2, 0.25) is 0 Å². The lowest BCUT2D eigenvalue weighted by Crippen LogP contribution is -2.17. The van der Waals surface area contributed by atoms with E-state index in [1.54, 1.807) is 17.4 Å². The maximum Gasteiger partial charge on any atom is 0.293 e. The smallest absolute Gasteiger partial charge is 0.293 e. The van der Waals surface area contributed by atoms with E-state index in [9.17, 15) is 9.59 Å². The number of hydrogen-bond donors (Lipinski definition) is 2. The van der Waals surface area contributed by atoms with Gasteiger partial charge in [0.25, 0.3) is 5.91 Å². The second-order valence-electron chi connectivity index (χ2n) is 5.10. The molecule has 0 fully saturated rings. The molecule has 0 aromatic carbocycles. The highest BCUT2D eigenvalue weighted by molar-refractivity contribution is 7.17. The second-order valence-corrected chi connectivity index (χ2v) is 7.13. The van der Waals surface area contributed by atoms with Crippen molar-refractivity contribution < 1.29 is 14.0 Å². The number of thiophene rings is 1. The quantitative estimate of drug-likeness (QED) is 0.726. The third kappa shape index (κ3) is 3.72. The van der Waals surface area contributed by atoms with Crippen molar-refractivity contribution in [2.24, 2.45) is 0 Å². The van der Waals surface area contributed by atoms with Crippen molar-refractivity contribution in [2.45, 2.75) is 20.4 Å². The van der Waals surface area contributed by atoms with Crippen LogP contribution in [0.3, 0.4) is 0 Å². The van der Waals surface area contributed by atoms with Crippen LogP contribution in [0.15, 0.2) is 34.3 Å². The summed E-state index contributed by atoms with van der Waals surface area (Å²) in [4.78, 5) is 29.5. The fourth-order valence-electron chi connectivity index (χ4n) is 2.03. The van der Waals surface area contributed by atoms with Gasteiger partial charge in [-0.3, -0.25) is 14.9 Å². The molecule has 124 valence electrons. The zero-order chi connectivity index (χ0) is 17.1. The Morgan fingerprint density at radius 3 is 2.83 bits per heavy atom. The first-order valence-corrected chi connectivity index (χ1v) is 8.87. The van der Waals surface area contributed by atoms with Gasteiger partial charge < -0.3 is 9.73 Å². The number of furan rings is 1. The highest BCUT2D eigenvalue weighted by atomic mass is 32.1. The number of rotatable bonds is 5. The molecule has 2 amide bonds. The van der Waals surface area contributed by atoms with Crippen LogP contribution in [0.25, 0.3) is 10.6 Å². The first-order valence-electron chi connectivity index (χ1n) is 7.17. The van der Waals surface area contributed by atoms with Gasteiger partial charge in [-0.15, -0.1) is 22.7 Å². The molecule has 3 heterocycles. The van der Waals surface area contributed by atoms with Gasteiger partial charge in [-0.2, -0.15) is 0 Å². The van der Waals surface area contributed by atoms with Crippen molar-refractivity contribution in [3.63, 3.8) is 0 Å². The van der Waals surface area contributed by atoms with Gasteiger partial charge in [-0.05, 0) is 25.1 Å². The molecule has 0 atom stereocenters. The molecule has 0 saturated carbocycles. The molecule has 0 saturated heterocycles. The summed E-state index contributed by atoms with van der Waals surface area (Å²) < 4.78 is 5.17. The fourth-order valence-corrected chi connectivity index (χ4v) is 3.71. The van der Waals surface area contributed by atoms with Crippen LogP contribution < -0.4 is 10.6 Å². The third-order valence-electron chi connectivity index (χ3n) is 3.22.